The van der Waals surface area contributed by atoms with Gasteiger partial charge in [0, 0.05) is 30.4 Å². The van der Waals surface area contributed by atoms with E-state index in [9.17, 15) is 9.18 Å². The van der Waals surface area contributed by atoms with E-state index in [4.69, 9.17) is 0 Å². The average molecular weight is 412 g/mol. The third-order valence-corrected chi connectivity index (χ3v) is 4.80. The molecule has 3 aromatic carbocycles. The van der Waals surface area contributed by atoms with Gasteiger partial charge in [-0.15, -0.1) is 10.2 Å². The molecule has 1 amide bonds. The quantitative estimate of drug-likeness (QED) is 0.467. The monoisotopic (exact) mass is 412 g/mol. The average Bonchev–Trinajstić information content (AvgIpc) is 2.80. The smallest absolute Gasteiger partial charge is 0.253 e. The first-order valence-corrected chi connectivity index (χ1v) is 9.85. The van der Waals surface area contributed by atoms with Crippen LogP contribution in [-0.2, 0) is 6.54 Å². The van der Waals surface area contributed by atoms with Crippen molar-refractivity contribution in [3.63, 3.8) is 0 Å². The van der Waals surface area contributed by atoms with E-state index < -0.39 is 0 Å². The van der Waals surface area contributed by atoms with Crippen LogP contribution < -0.4 is 5.32 Å². The molecule has 0 saturated heterocycles. The lowest BCUT2D eigenvalue weighted by atomic mass is 10.1. The van der Waals surface area contributed by atoms with E-state index in [2.05, 4.69) is 15.5 Å². The van der Waals surface area contributed by atoms with Crippen molar-refractivity contribution in [2.45, 2.75) is 6.54 Å². The summed E-state index contributed by atoms with van der Waals surface area (Å²) in [5.74, 6) is 0.195. The van der Waals surface area contributed by atoms with Crippen LogP contribution in [0.5, 0.6) is 0 Å². The zero-order chi connectivity index (χ0) is 21.6. The summed E-state index contributed by atoms with van der Waals surface area (Å²) in [6.07, 6.45) is 0. The summed E-state index contributed by atoms with van der Waals surface area (Å²) in [6.45, 7) is 0.549. The lowest BCUT2D eigenvalue weighted by Crippen LogP contribution is -2.26. The largest absolute Gasteiger partial charge is 0.339 e. The van der Waals surface area contributed by atoms with E-state index >= 15 is 0 Å². The maximum absolute atomic E-state index is 13.4. The van der Waals surface area contributed by atoms with Gasteiger partial charge in [0.1, 0.15) is 5.82 Å². The first kappa shape index (κ1) is 20.2. The SMILES string of the molecule is CN(Cc1ccccc1)C(=O)c1ccc(Nc2ccc(-c3cccc(F)c3)nn2)cc1. The Hall–Kier alpha value is -4.06. The molecule has 4 rings (SSSR count). The number of hydrogen-bond donors (Lipinski definition) is 1. The molecule has 0 unspecified atom stereocenters. The fourth-order valence-corrected chi connectivity index (χ4v) is 3.19. The number of nitrogens with one attached hydrogen (secondary N) is 1. The second-order valence-corrected chi connectivity index (χ2v) is 7.16. The van der Waals surface area contributed by atoms with Crippen LogP contribution in [0, 0.1) is 5.82 Å². The summed E-state index contributed by atoms with van der Waals surface area (Å²) in [7, 11) is 1.79. The number of amides is 1. The number of carbonyl (C=O) groups is 1. The number of nitrogens with zero attached hydrogens (tertiary/aromatic N) is 3. The molecule has 1 heterocycles. The molecule has 0 spiro atoms. The number of halogens is 1. The highest BCUT2D eigenvalue weighted by atomic mass is 19.1. The molecule has 1 aromatic heterocycles. The first-order valence-electron chi connectivity index (χ1n) is 9.85. The maximum Gasteiger partial charge on any atom is 0.253 e. The minimum atomic E-state index is -0.314. The molecule has 1 N–H and O–H groups in total. The maximum atomic E-state index is 13.4. The second-order valence-electron chi connectivity index (χ2n) is 7.16. The van der Waals surface area contributed by atoms with Crippen molar-refractivity contribution in [2.75, 3.05) is 12.4 Å². The number of carbonyl (C=O) groups excluding carboxylic acids is 1. The summed E-state index contributed by atoms with van der Waals surface area (Å²) >= 11 is 0. The Morgan fingerprint density at radius 2 is 1.68 bits per heavy atom. The molecule has 4 aromatic rings. The van der Waals surface area contributed by atoms with Crippen molar-refractivity contribution in [3.05, 3.63) is 108 Å². The van der Waals surface area contributed by atoms with Crippen molar-refractivity contribution in [3.8, 4) is 11.3 Å². The molecule has 0 bridgehead atoms. The Bertz CT molecular complexity index is 1160. The van der Waals surface area contributed by atoms with Gasteiger partial charge in [-0.1, -0.05) is 42.5 Å². The lowest BCUT2D eigenvalue weighted by Gasteiger charge is -2.17. The highest BCUT2D eigenvalue weighted by Gasteiger charge is 2.12. The number of benzene rings is 3. The summed E-state index contributed by atoms with van der Waals surface area (Å²) in [6, 6.07) is 26.9. The van der Waals surface area contributed by atoms with Crippen LogP contribution >= 0.6 is 0 Å². The minimum Gasteiger partial charge on any atom is -0.339 e. The molecular weight excluding hydrogens is 391 g/mol. The van der Waals surface area contributed by atoms with E-state index in [1.807, 2.05) is 42.5 Å². The first-order chi connectivity index (χ1) is 15.1. The van der Waals surface area contributed by atoms with Gasteiger partial charge in [0.05, 0.1) is 5.69 Å². The number of hydrogen-bond acceptors (Lipinski definition) is 4. The van der Waals surface area contributed by atoms with Gasteiger partial charge in [-0.25, -0.2) is 4.39 Å². The standard InChI is InChI=1S/C25H21FN4O/c1-30(17-18-6-3-2-4-7-18)25(31)19-10-12-22(13-11-19)27-24-15-14-23(28-29-24)20-8-5-9-21(26)16-20/h2-16H,17H2,1H3,(H,27,29). The molecule has 0 atom stereocenters. The molecule has 5 nitrogen and oxygen atoms in total. The third kappa shape index (κ3) is 5.11. The van der Waals surface area contributed by atoms with Crippen molar-refractivity contribution >= 4 is 17.4 Å². The Morgan fingerprint density at radius 3 is 2.35 bits per heavy atom. The molecule has 0 aliphatic heterocycles. The van der Waals surface area contributed by atoms with E-state index in [-0.39, 0.29) is 11.7 Å². The van der Waals surface area contributed by atoms with Gasteiger partial charge in [-0.2, -0.15) is 0 Å². The van der Waals surface area contributed by atoms with Crippen LogP contribution in [0.3, 0.4) is 0 Å². The van der Waals surface area contributed by atoms with E-state index in [0.29, 0.717) is 29.2 Å². The third-order valence-electron chi connectivity index (χ3n) is 4.80. The number of aromatic nitrogens is 2. The molecule has 0 saturated carbocycles. The molecule has 6 heteroatoms. The van der Waals surface area contributed by atoms with Gasteiger partial charge in [0.25, 0.3) is 5.91 Å². The van der Waals surface area contributed by atoms with Crippen LogP contribution in [-0.4, -0.2) is 28.1 Å². The van der Waals surface area contributed by atoms with Gasteiger partial charge >= 0.3 is 0 Å². The number of anilines is 2. The second kappa shape index (κ2) is 9.17. The van der Waals surface area contributed by atoms with E-state index in [1.54, 1.807) is 48.3 Å². The van der Waals surface area contributed by atoms with E-state index in [1.165, 1.54) is 12.1 Å². The predicted octanol–water partition coefficient (Wildman–Crippen LogP) is 5.30. The molecule has 0 fully saturated rings. The van der Waals surface area contributed by atoms with Crippen molar-refractivity contribution in [2.24, 2.45) is 0 Å². The normalized spacial score (nSPS) is 10.5. The van der Waals surface area contributed by atoms with Crippen molar-refractivity contribution < 1.29 is 9.18 Å². The van der Waals surface area contributed by atoms with Crippen LogP contribution in [0.2, 0.25) is 0 Å². The highest BCUT2D eigenvalue weighted by molar-refractivity contribution is 5.94. The Kier molecular flexibility index (Phi) is 5.98. The zero-order valence-electron chi connectivity index (χ0n) is 17.0. The van der Waals surface area contributed by atoms with Crippen LogP contribution in [0.4, 0.5) is 15.9 Å². The fourth-order valence-electron chi connectivity index (χ4n) is 3.19. The molecular formula is C25H21FN4O. The van der Waals surface area contributed by atoms with Crippen molar-refractivity contribution in [1.29, 1.82) is 0 Å². The summed E-state index contributed by atoms with van der Waals surface area (Å²) in [5, 5.41) is 11.5. The molecule has 0 radical (unpaired) electrons. The van der Waals surface area contributed by atoms with Gasteiger partial charge in [-0.05, 0) is 54.1 Å². The van der Waals surface area contributed by atoms with Gasteiger partial charge in [0.2, 0.25) is 0 Å². The lowest BCUT2D eigenvalue weighted by molar-refractivity contribution is 0.0785. The summed E-state index contributed by atoms with van der Waals surface area (Å²) in [5.41, 5.74) is 3.73. The van der Waals surface area contributed by atoms with Gasteiger partial charge < -0.3 is 10.2 Å². The summed E-state index contributed by atoms with van der Waals surface area (Å²) in [4.78, 5) is 14.4. The predicted molar refractivity (Wildman–Crippen MR) is 119 cm³/mol. The molecule has 154 valence electrons. The van der Waals surface area contributed by atoms with E-state index in [0.717, 1.165) is 11.3 Å². The fraction of sp³-hybridized carbons (Fsp3) is 0.0800. The summed E-state index contributed by atoms with van der Waals surface area (Å²) < 4.78 is 13.4. The zero-order valence-corrected chi connectivity index (χ0v) is 17.0. The molecule has 0 aliphatic carbocycles. The molecule has 0 aliphatic rings. The topological polar surface area (TPSA) is 58.1 Å². The van der Waals surface area contributed by atoms with Crippen LogP contribution in [0.15, 0.2) is 91.0 Å². The minimum absolute atomic E-state index is 0.0466. The van der Waals surface area contributed by atoms with Crippen LogP contribution in [0.1, 0.15) is 15.9 Å². The Morgan fingerprint density at radius 1 is 0.903 bits per heavy atom. The number of rotatable bonds is 6. The van der Waals surface area contributed by atoms with Gasteiger partial charge in [-0.3, -0.25) is 4.79 Å². The van der Waals surface area contributed by atoms with Crippen LogP contribution in [0.25, 0.3) is 11.3 Å². The Labute approximate surface area is 180 Å². The molecule has 31 heavy (non-hydrogen) atoms. The highest BCUT2D eigenvalue weighted by Crippen LogP contribution is 2.20. The Balaban J connectivity index is 1.39. The van der Waals surface area contributed by atoms with Crippen molar-refractivity contribution in [1.82, 2.24) is 15.1 Å². The van der Waals surface area contributed by atoms with Gasteiger partial charge in [0.15, 0.2) is 5.82 Å².